The van der Waals surface area contributed by atoms with Crippen molar-refractivity contribution in [1.82, 2.24) is 4.98 Å². The molecule has 1 aromatic rings. The molecule has 2 unspecified atom stereocenters. The van der Waals surface area contributed by atoms with E-state index < -0.39 is 11.9 Å². The number of rotatable bonds is 3. The molecular weight excluding hydrogens is 259 g/mol. The summed E-state index contributed by atoms with van der Waals surface area (Å²) in [5.41, 5.74) is 5.07. The molecule has 0 radical (unpaired) electrons. The van der Waals surface area contributed by atoms with E-state index in [0.29, 0.717) is 13.0 Å². The van der Waals surface area contributed by atoms with Crippen LogP contribution in [0.1, 0.15) is 25.0 Å². The topological polar surface area (TPSA) is 71.2 Å². The van der Waals surface area contributed by atoms with Crippen molar-refractivity contribution in [2.45, 2.75) is 31.5 Å². The average Bonchev–Trinajstić information content (AvgIpc) is 2.72. The van der Waals surface area contributed by atoms with Crippen LogP contribution in [-0.4, -0.2) is 22.7 Å². The molecule has 1 fully saturated rings. The number of aliphatic hydroxyl groups is 1. The fourth-order valence-corrected chi connectivity index (χ4v) is 2.26. The molecule has 7 heteroatoms. The van der Waals surface area contributed by atoms with Crippen molar-refractivity contribution < 1.29 is 18.3 Å². The number of aromatic nitrogens is 1. The Morgan fingerprint density at radius 1 is 1.42 bits per heavy atom. The third-order valence-corrected chi connectivity index (χ3v) is 3.32. The molecule has 0 aliphatic heterocycles. The third-order valence-electron chi connectivity index (χ3n) is 3.32. The Kier molecular flexibility index (Phi) is 3.84. The summed E-state index contributed by atoms with van der Waals surface area (Å²) in [6, 6.07) is 0.917. The van der Waals surface area contributed by atoms with Gasteiger partial charge in [0.05, 0.1) is 23.7 Å². The van der Waals surface area contributed by atoms with Gasteiger partial charge in [-0.05, 0) is 31.2 Å². The van der Waals surface area contributed by atoms with Gasteiger partial charge >= 0.3 is 6.18 Å². The van der Waals surface area contributed by atoms with E-state index in [-0.39, 0.29) is 23.4 Å². The number of nitrogens with zero attached hydrogens (tertiary/aromatic N) is 1. The van der Waals surface area contributed by atoms with Gasteiger partial charge in [0.15, 0.2) is 0 Å². The van der Waals surface area contributed by atoms with Crippen LogP contribution in [0.15, 0.2) is 12.3 Å². The normalized spacial score (nSPS) is 23.6. The van der Waals surface area contributed by atoms with Crippen LogP contribution in [-0.2, 0) is 6.18 Å². The van der Waals surface area contributed by atoms with E-state index in [1.807, 2.05) is 0 Å². The van der Waals surface area contributed by atoms with Crippen LogP contribution in [0, 0.1) is 5.92 Å². The first kappa shape index (κ1) is 13.9. The highest BCUT2D eigenvalue weighted by Gasteiger charge is 2.33. The predicted octanol–water partition coefficient (Wildman–Crippen LogP) is 2.26. The smallest absolute Gasteiger partial charge is 0.396 e. The number of pyridine rings is 1. The van der Waals surface area contributed by atoms with Crippen molar-refractivity contribution in [3.63, 3.8) is 0 Å². The first-order valence-electron chi connectivity index (χ1n) is 6.11. The van der Waals surface area contributed by atoms with Gasteiger partial charge < -0.3 is 16.2 Å². The summed E-state index contributed by atoms with van der Waals surface area (Å²) in [7, 11) is 0. The zero-order valence-electron chi connectivity index (χ0n) is 10.2. The lowest BCUT2D eigenvalue weighted by atomic mass is 10.1. The maximum atomic E-state index is 12.5. The van der Waals surface area contributed by atoms with E-state index in [2.05, 4.69) is 10.3 Å². The van der Waals surface area contributed by atoms with Crippen molar-refractivity contribution in [2.75, 3.05) is 17.6 Å². The van der Waals surface area contributed by atoms with E-state index in [1.165, 1.54) is 0 Å². The van der Waals surface area contributed by atoms with Crippen LogP contribution >= 0.6 is 0 Å². The Morgan fingerprint density at radius 2 is 2.16 bits per heavy atom. The second-order valence-corrected chi connectivity index (χ2v) is 4.87. The summed E-state index contributed by atoms with van der Waals surface area (Å²) in [4.78, 5) is 3.27. The lowest BCUT2D eigenvalue weighted by molar-refractivity contribution is -0.141. The molecule has 0 spiro atoms. The predicted molar refractivity (Wildman–Crippen MR) is 65.5 cm³/mol. The molecule has 0 bridgehead atoms. The fraction of sp³-hybridized carbons (Fsp3) is 0.583. The highest BCUT2D eigenvalue weighted by molar-refractivity contribution is 5.65. The molecule has 1 aliphatic carbocycles. The molecule has 19 heavy (non-hydrogen) atoms. The number of anilines is 2. The average molecular weight is 275 g/mol. The minimum Gasteiger partial charge on any atom is -0.396 e. The molecule has 1 aliphatic rings. The molecule has 2 atom stereocenters. The summed E-state index contributed by atoms with van der Waals surface area (Å²) in [6.07, 6.45) is -1.49. The van der Waals surface area contributed by atoms with E-state index in [4.69, 9.17) is 5.73 Å². The van der Waals surface area contributed by atoms with E-state index >= 15 is 0 Å². The van der Waals surface area contributed by atoms with Gasteiger partial charge in [0, 0.05) is 6.54 Å². The van der Waals surface area contributed by atoms with Gasteiger partial charge in [0.25, 0.3) is 0 Å². The maximum Gasteiger partial charge on any atom is 0.433 e. The van der Waals surface area contributed by atoms with Gasteiger partial charge in [0.1, 0.15) is 5.69 Å². The van der Waals surface area contributed by atoms with E-state index in [9.17, 15) is 18.3 Å². The largest absolute Gasteiger partial charge is 0.433 e. The summed E-state index contributed by atoms with van der Waals surface area (Å²) in [6.45, 7) is 0.503. The van der Waals surface area contributed by atoms with Crippen LogP contribution in [0.3, 0.4) is 0 Å². The number of alkyl halides is 3. The Labute approximate surface area is 108 Å². The Morgan fingerprint density at radius 3 is 2.74 bits per heavy atom. The molecule has 1 aromatic heterocycles. The first-order valence-corrected chi connectivity index (χ1v) is 6.11. The summed E-state index contributed by atoms with van der Waals surface area (Å²) >= 11 is 0. The van der Waals surface area contributed by atoms with Crippen LogP contribution in [0.5, 0.6) is 0 Å². The molecule has 0 aromatic carbocycles. The molecule has 1 saturated carbocycles. The summed E-state index contributed by atoms with van der Waals surface area (Å²) < 4.78 is 37.6. The van der Waals surface area contributed by atoms with Gasteiger partial charge in [-0.15, -0.1) is 0 Å². The molecule has 0 saturated heterocycles. The number of hydrogen-bond donors (Lipinski definition) is 3. The number of aliphatic hydroxyl groups excluding tert-OH is 1. The Balaban J connectivity index is 2.03. The van der Waals surface area contributed by atoms with Gasteiger partial charge in [-0.1, -0.05) is 0 Å². The van der Waals surface area contributed by atoms with E-state index in [0.717, 1.165) is 25.1 Å². The molecule has 0 amide bonds. The van der Waals surface area contributed by atoms with Crippen molar-refractivity contribution >= 4 is 11.4 Å². The molecule has 4 N–H and O–H groups in total. The second-order valence-electron chi connectivity index (χ2n) is 4.87. The maximum absolute atomic E-state index is 12.5. The summed E-state index contributed by atoms with van der Waals surface area (Å²) in [5, 5.41) is 12.3. The van der Waals surface area contributed by atoms with Crippen molar-refractivity contribution in [3.8, 4) is 0 Å². The van der Waals surface area contributed by atoms with Crippen molar-refractivity contribution in [2.24, 2.45) is 5.92 Å². The SMILES string of the molecule is Nc1cnc(C(F)(F)F)cc1NCC1CCC(O)C1. The molecule has 1 heterocycles. The van der Waals surface area contributed by atoms with Gasteiger partial charge in [0.2, 0.25) is 0 Å². The molecule has 4 nitrogen and oxygen atoms in total. The fourth-order valence-electron chi connectivity index (χ4n) is 2.26. The van der Waals surface area contributed by atoms with Gasteiger partial charge in [-0.2, -0.15) is 13.2 Å². The van der Waals surface area contributed by atoms with Crippen LogP contribution < -0.4 is 11.1 Å². The summed E-state index contributed by atoms with van der Waals surface area (Å²) in [5.74, 6) is 0.261. The second kappa shape index (κ2) is 5.24. The highest BCUT2D eigenvalue weighted by atomic mass is 19.4. The van der Waals surface area contributed by atoms with Crippen molar-refractivity contribution in [3.05, 3.63) is 18.0 Å². The zero-order valence-corrected chi connectivity index (χ0v) is 10.2. The minimum absolute atomic E-state index is 0.187. The number of nitrogen functional groups attached to an aromatic ring is 1. The quantitative estimate of drug-likeness (QED) is 0.791. The molecule has 2 rings (SSSR count). The first-order chi connectivity index (χ1) is 8.86. The Bertz CT molecular complexity index is 450. The standard InChI is InChI=1S/C12H16F3N3O/c13-12(14,15)11-4-10(9(16)6-18-11)17-5-7-1-2-8(19)3-7/h4,6-8,19H,1-3,5,16H2,(H,17,18). The van der Waals surface area contributed by atoms with Crippen LogP contribution in [0.4, 0.5) is 24.5 Å². The van der Waals surface area contributed by atoms with Crippen LogP contribution in [0.25, 0.3) is 0 Å². The highest BCUT2D eigenvalue weighted by Crippen LogP contribution is 2.32. The zero-order chi connectivity index (χ0) is 14.0. The monoisotopic (exact) mass is 275 g/mol. The number of nitrogens with two attached hydrogens (primary N) is 1. The number of halogens is 3. The van der Waals surface area contributed by atoms with E-state index in [1.54, 1.807) is 0 Å². The lowest BCUT2D eigenvalue weighted by Crippen LogP contribution is -2.15. The number of hydrogen-bond acceptors (Lipinski definition) is 4. The van der Waals surface area contributed by atoms with Crippen molar-refractivity contribution in [1.29, 1.82) is 0 Å². The lowest BCUT2D eigenvalue weighted by Gasteiger charge is -2.15. The molecular formula is C12H16F3N3O. The third kappa shape index (κ3) is 3.50. The van der Waals surface area contributed by atoms with Gasteiger partial charge in [-0.3, -0.25) is 0 Å². The minimum atomic E-state index is -4.48. The van der Waals surface area contributed by atoms with Crippen LogP contribution in [0.2, 0.25) is 0 Å². The van der Waals surface area contributed by atoms with Gasteiger partial charge in [-0.25, -0.2) is 4.98 Å². The number of nitrogens with one attached hydrogen (secondary N) is 1. The Hall–Kier alpha value is -1.50. The molecule has 106 valence electrons.